The molecule has 0 fully saturated rings. The first-order valence-electron chi connectivity index (χ1n) is 7.93. The van der Waals surface area contributed by atoms with Crippen molar-refractivity contribution in [1.29, 1.82) is 0 Å². The van der Waals surface area contributed by atoms with E-state index in [4.69, 9.17) is 4.74 Å². The normalized spacial score (nSPS) is 12.8. The second-order valence-corrected chi connectivity index (χ2v) is 5.78. The summed E-state index contributed by atoms with van der Waals surface area (Å²) in [4.78, 5) is 39.3. The maximum atomic E-state index is 12.4. The summed E-state index contributed by atoms with van der Waals surface area (Å²) < 4.78 is 6.43. The van der Waals surface area contributed by atoms with E-state index in [0.717, 1.165) is 10.1 Å². The number of anilines is 1. The standard InChI is InChI=1S/C17H13N5O5/c23-15-8-27-13-2-1-9(5-10(13)21-15)7-18-16(24)11-6-12(17(25)26)22-14(20-11)3-4-19-22/h1-6H,7-8H2,(H,18,24)(H,21,23)(H,25,26). The molecule has 0 spiro atoms. The minimum atomic E-state index is -1.22. The molecule has 0 saturated carbocycles. The fourth-order valence-electron chi connectivity index (χ4n) is 2.69. The monoisotopic (exact) mass is 367 g/mol. The van der Waals surface area contributed by atoms with Crippen LogP contribution in [0.5, 0.6) is 5.75 Å². The molecule has 3 N–H and O–H groups in total. The highest BCUT2D eigenvalue weighted by Crippen LogP contribution is 2.28. The molecule has 4 rings (SSSR count). The third-order valence-electron chi connectivity index (χ3n) is 3.94. The molecule has 1 aliphatic rings. The van der Waals surface area contributed by atoms with Gasteiger partial charge in [-0.3, -0.25) is 9.59 Å². The lowest BCUT2D eigenvalue weighted by Gasteiger charge is -2.18. The van der Waals surface area contributed by atoms with Crippen LogP contribution in [-0.4, -0.2) is 44.1 Å². The van der Waals surface area contributed by atoms with Crippen LogP contribution < -0.4 is 15.4 Å². The lowest BCUT2D eigenvalue weighted by atomic mass is 10.1. The molecule has 0 bridgehead atoms. The third-order valence-corrected chi connectivity index (χ3v) is 3.94. The molecule has 3 aromatic rings. The Morgan fingerprint density at radius 2 is 2.15 bits per heavy atom. The highest BCUT2D eigenvalue weighted by Gasteiger charge is 2.18. The first-order valence-corrected chi connectivity index (χ1v) is 7.93. The summed E-state index contributed by atoms with van der Waals surface area (Å²) in [6, 6.07) is 7.83. The van der Waals surface area contributed by atoms with Crippen molar-refractivity contribution in [3.63, 3.8) is 0 Å². The lowest BCUT2D eigenvalue weighted by Crippen LogP contribution is -2.27. The Bertz CT molecular complexity index is 1090. The van der Waals surface area contributed by atoms with E-state index in [1.165, 1.54) is 18.3 Å². The van der Waals surface area contributed by atoms with E-state index < -0.39 is 11.9 Å². The van der Waals surface area contributed by atoms with Gasteiger partial charge >= 0.3 is 5.97 Å². The number of carboxylic acids is 1. The maximum absolute atomic E-state index is 12.4. The molecule has 10 nitrogen and oxygen atoms in total. The Morgan fingerprint density at radius 3 is 2.96 bits per heavy atom. The zero-order chi connectivity index (χ0) is 19.0. The molecule has 10 heteroatoms. The van der Waals surface area contributed by atoms with Crippen LogP contribution in [-0.2, 0) is 11.3 Å². The van der Waals surface area contributed by atoms with Crippen LogP contribution in [0.2, 0.25) is 0 Å². The molecular formula is C17H13N5O5. The van der Waals surface area contributed by atoms with Gasteiger partial charge in [0.2, 0.25) is 0 Å². The Morgan fingerprint density at radius 1 is 1.30 bits per heavy atom. The Hall–Kier alpha value is -3.95. The Labute approximate surface area is 151 Å². The van der Waals surface area contributed by atoms with E-state index >= 15 is 0 Å². The van der Waals surface area contributed by atoms with Crippen molar-refractivity contribution >= 4 is 29.1 Å². The van der Waals surface area contributed by atoms with Gasteiger partial charge in [-0.1, -0.05) is 6.07 Å². The quantitative estimate of drug-likeness (QED) is 0.617. The van der Waals surface area contributed by atoms with Crippen molar-refractivity contribution < 1.29 is 24.2 Å². The van der Waals surface area contributed by atoms with Crippen molar-refractivity contribution in [2.24, 2.45) is 0 Å². The van der Waals surface area contributed by atoms with Gasteiger partial charge < -0.3 is 20.5 Å². The molecule has 0 atom stereocenters. The average Bonchev–Trinajstić information content (AvgIpc) is 3.13. The van der Waals surface area contributed by atoms with E-state index in [2.05, 4.69) is 20.7 Å². The predicted molar refractivity (Wildman–Crippen MR) is 91.7 cm³/mol. The van der Waals surface area contributed by atoms with Crippen LogP contribution in [0.15, 0.2) is 36.5 Å². The highest BCUT2D eigenvalue weighted by atomic mass is 16.5. The van der Waals surface area contributed by atoms with Crippen LogP contribution in [0.25, 0.3) is 5.65 Å². The van der Waals surface area contributed by atoms with Crippen LogP contribution >= 0.6 is 0 Å². The minimum absolute atomic E-state index is 0.0300. The predicted octanol–water partition coefficient (Wildman–Crippen LogP) is 0.688. The van der Waals surface area contributed by atoms with E-state index in [1.807, 2.05) is 0 Å². The number of benzene rings is 1. The summed E-state index contributed by atoms with van der Waals surface area (Å²) in [5, 5.41) is 18.5. The van der Waals surface area contributed by atoms with E-state index in [9.17, 15) is 19.5 Å². The van der Waals surface area contributed by atoms with Crippen molar-refractivity contribution in [1.82, 2.24) is 19.9 Å². The van der Waals surface area contributed by atoms with Gasteiger partial charge in [-0.15, -0.1) is 0 Å². The van der Waals surface area contributed by atoms with Crippen LogP contribution in [0.1, 0.15) is 26.5 Å². The molecule has 0 saturated heterocycles. The molecule has 2 amide bonds. The number of nitrogens with zero attached hydrogens (tertiary/aromatic N) is 3. The third kappa shape index (κ3) is 3.15. The van der Waals surface area contributed by atoms with Crippen molar-refractivity contribution in [2.75, 3.05) is 11.9 Å². The number of rotatable bonds is 4. The Balaban J connectivity index is 1.53. The summed E-state index contributed by atoms with van der Waals surface area (Å²) in [7, 11) is 0. The largest absolute Gasteiger partial charge is 0.482 e. The number of amides is 2. The number of nitrogens with one attached hydrogen (secondary N) is 2. The summed E-state index contributed by atoms with van der Waals surface area (Å²) in [6.07, 6.45) is 1.40. The molecule has 3 heterocycles. The summed E-state index contributed by atoms with van der Waals surface area (Å²) in [5.41, 5.74) is 1.33. The number of carbonyl (C=O) groups excluding carboxylic acids is 2. The molecule has 2 aromatic heterocycles. The smallest absolute Gasteiger partial charge is 0.354 e. The molecule has 136 valence electrons. The van der Waals surface area contributed by atoms with E-state index in [-0.39, 0.29) is 36.1 Å². The molecule has 0 radical (unpaired) electrons. The number of aromatic nitrogens is 3. The number of hydrogen-bond donors (Lipinski definition) is 3. The highest BCUT2D eigenvalue weighted by molar-refractivity contribution is 5.96. The minimum Gasteiger partial charge on any atom is -0.482 e. The number of carboxylic acid groups (broad SMARTS) is 1. The van der Waals surface area contributed by atoms with Gasteiger partial charge in [-0.05, 0) is 17.7 Å². The summed E-state index contributed by atoms with van der Waals surface area (Å²) in [5.74, 6) is -1.43. The lowest BCUT2D eigenvalue weighted by molar-refractivity contribution is -0.118. The molecule has 1 aliphatic heterocycles. The van der Waals surface area contributed by atoms with Gasteiger partial charge in [0, 0.05) is 18.7 Å². The fourth-order valence-corrected chi connectivity index (χ4v) is 2.69. The van der Waals surface area contributed by atoms with Crippen molar-refractivity contribution in [3.05, 3.63) is 53.5 Å². The van der Waals surface area contributed by atoms with Gasteiger partial charge in [0.05, 0.1) is 11.9 Å². The summed E-state index contributed by atoms with van der Waals surface area (Å²) in [6.45, 7) is 0.133. The summed E-state index contributed by atoms with van der Waals surface area (Å²) >= 11 is 0. The zero-order valence-electron chi connectivity index (χ0n) is 13.8. The number of hydrogen-bond acceptors (Lipinski definition) is 6. The molecule has 1 aromatic carbocycles. The van der Waals surface area contributed by atoms with Crippen molar-refractivity contribution in [2.45, 2.75) is 6.54 Å². The van der Waals surface area contributed by atoms with Gasteiger partial charge in [-0.2, -0.15) is 5.10 Å². The fraction of sp³-hybridized carbons (Fsp3) is 0.118. The van der Waals surface area contributed by atoms with Crippen LogP contribution in [0.4, 0.5) is 5.69 Å². The van der Waals surface area contributed by atoms with Crippen molar-refractivity contribution in [3.8, 4) is 5.75 Å². The van der Waals surface area contributed by atoms with E-state index in [0.29, 0.717) is 11.4 Å². The van der Waals surface area contributed by atoms with Crippen LogP contribution in [0.3, 0.4) is 0 Å². The molecule has 27 heavy (non-hydrogen) atoms. The zero-order valence-corrected chi connectivity index (χ0v) is 13.8. The average molecular weight is 367 g/mol. The van der Waals surface area contributed by atoms with Gasteiger partial charge in [0.25, 0.3) is 11.8 Å². The number of fused-ring (bicyclic) bond motifs is 2. The maximum Gasteiger partial charge on any atom is 0.354 e. The van der Waals surface area contributed by atoms with Crippen LogP contribution in [0, 0.1) is 0 Å². The topological polar surface area (TPSA) is 135 Å². The molecular weight excluding hydrogens is 354 g/mol. The number of ether oxygens (including phenoxy) is 1. The van der Waals surface area contributed by atoms with E-state index in [1.54, 1.807) is 18.2 Å². The number of carbonyl (C=O) groups is 3. The van der Waals surface area contributed by atoms with Gasteiger partial charge in [-0.25, -0.2) is 14.3 Å². The second kappa shape index (κ2) is 6.41. The van der Waals surface area contributed by atoms with Gasteiger partial charge in [0.1, 0.15) is 11.4 Å². The first kappa shape index (κ1) is 16.5. The molecule has 0 unspecified atom stereocenters. The second-order valence-electron chi connectivity index (χ2n) is 5.78. The Kier molecular flexibility index (Phi) is 3.92. The SMILES string of the molecule is O=C1COc2ccc(CNC(=O)c3cc(C(=O)O)n4nccc4n3)cc2N1. The molecule has 0 aliphatic carbocycles. The number of aromatic carboxylic acids is 1. The van der Waals surface area contributed by atoms with Gasteiger partial charge in [0.15, 0.2) is 17.9 Å². The first-order chi connectivity index (χ1) is 13.0.